The summed E-state index contributed by atoms with van der Waals surface area (Å²) in [5.74, 6) is 0.117. The third kappa shape index (κ3) is 3.74. The summed E-state index contributed by atoms with van der Waals surface area (Å²) >= 11 is 7.68. The number of hydrogen-bond acceptors (Lipinski definition) is 3. The molecule has 2 saturated heterocycles. The molecule has 2 heterocycles. The number of amides is 1. The first-order valence-electron chi connectivity index (χ1n) is 7.59. The molecule has 5 heteroatoms. The smallest absolute Gasteiger partial charge is 0.233 e. The van der Waals surface area contributed by atoms with E-state index in [1.165, 1.54) is 24.6 Å². The van der Waals surface area contributed by atoms with Gasteiger partial charge >= 0.3 is 0 Å². The SMILES string of the molecule is CC(Sc1ccccc1Cl)C(=O)NC1CC2CCC(C1)N2. The second kappa shape index (κ2) is 6.59. The van der Waals surface area contributed by atoms with Crippen molar-refractivity contribution in [3.8, 4) is 0 Å². The summed E-state index contributed by atoms with van der Waals surface area (Å²) in [5.41, 5.74) is 0. The molecule has 1 aromatic carbocycles. The molecule has 0 saturated carbocycles. The molecule has 3 nitrogen and oxygen atoms in total. The molecule has 114 valence electrons. The maximum absolute atomic E-state index is 12.4. The lowest BCUT2D eigenvalue weighted by molar-refractivity contribution is -0.121. The second-order valence-electron chi connectivity index (χ2n) is 6.01. The topological polar surface area (TPSA) is 41.1 Å². The Morgan fingerprint density at radius 2 is 2.00 bits per heavy atom. The quantitative estimate of drug-likeness (QED) is 0.836. The van der Waals surface area contributed by atoms with Crippen molar-refractivity contribution in [3.05, 3.63) is 29.3 Å². The zero-order chi connectivity index (χ0) is 14.8. The van der Waals surface area contributed by atoms with Crippen LogP contribution in [-0.2, 0) is 4.79 Å². The summed E-state index contributed by atoms with van der Waals surface area (Å²) in [6.45, 7) is 1.94. The van der Waals surface area contributed by atoms with Crippen LogP contribution in [0.3, 0.4) is 0 Å². The fourth-order valence-electron chi connectivity index (χ4n) is 3.28. The first-order chi connectivity index (χ1) is 10.1. The van der Waals surface area contributed by atoms with E-state index in [2.05, 4.69) is 10.6 Å². The van der Waals surface area contributed by atoms with Gasteiger partial charge in [0.05, 0.1) is 10.3 Å². The van der Waals surface area contributed by atoms with Crippen molar-refractivity contribution in [2.45, 2.75) is 60.9 Å². The Kier molecular flexibility index (Phi) is 4.77. The molecular formula is C16H21ClN2OS. The van der Waals surface area contributed by atoms with E-state index < -0.39 is 0 Å². The molecule has 2 bridgehead atoms. The highest BCUT2D eigenvalue weighted by Crippen LogP contribution is 2.31. The zero-order valence-corrected chi connectivity index (χ0v) is 13.7. The lowest BCUT2D eigenvalue weighted by Crippen LogP contribution is -2.49. The van der Waals surface area contributed by atoms with E-state index in [1.54, 1.807) is 0 Å². The average Bonchev–Trinajstić information content (AvgIpc) is 2.80. The fourth-order valence-corrected chi connectivity index (χ4v) is 4.44. The first-order valence-corrected chi connectivity index (χ1v) is 8.85. The third-order valence-corrected chi connectivity index (χ3v) is 5.95. The molecule has 1 amide bonds. The van der Waals surface area contributed by atoms with Crippen molar-refractivity contribution in [2.24, 2.45) is 0 Å². The van der Waals surface area contributed by atoms with Crippen molar-refractivity contribution in [1.29, 1.82) is 0 Å². The minimum Gasteiger partial charge on any atom is -0.352 e. The molecule has 2 aliphatic heterocycles. The Labute approximate surface area is 135 Å². The number of carbonyl (C=O) groups excluding carboxylic acids is 1. The number of rotatable bonds is 4. The van der Waals surface area contributed by atoms with E-state index in [4.69, 9.17) is 11.6 Å². The summed E-state index contributed by atoms with van der Waals surface area (Å²) in [6, 6.07) is 9.19. The van der Waals surface area contributed by atoms with Crippen LogP contribution in [0.25, 0.3) is 0 Å². The number of hydrogen-bond donors (Lipinski definition) is 2. The normalized spacial score (nSPS) is 29.1. The van der Waals surface area contributed by atoms with Crippen molar-refractivity contribution >= 4 is 29.3 Å². The Morgan fingerprint density at radius 3 is 2.67 bits per heavy atom. The van der Waals surface area contributed by atoms with Gasteiger partial charge in [0.15, 0.2) is 0 Å². The molecule has 21 heavy (non-hydrogen) atoms. The highest BCUT2D eigenvalue weighted by molar-refractivity contribution is 8.00. The van der Waals surface area contributed by atoms with Gasteiger partial charge in [0.1, 0.15) is 0 Å². The summed E-state index contributed by atoms with van der Waals surface area (Å²) in [6.07, 6.45) is 4.62. The van der Waals surface area contributed by atoms with Crippen molar-refractivity contribution in [3.63, 3.8) is 0 Å². The van der Waals surface area contributed by atoms with Crippen LogP contribution in [0.5, 0.6) is 0 Å². The third-order valence-electron chi connectivity index (χ3n) is 4.33. The van der Waals surface area contributed by atoms with Gasteiger partial charge in [-0.25, -0.2) is 0 Å². The molecule has 2 N–H and O–H groups in total. The Balaban J connectivity index is 1.54. The number of benzene rings is 1. The van der Waals surface area contributed by atoms with Gasteiger partial charge in [-0.05, 0) is 44.7 Å². The van der Waals surface area contributed by atoms with Crippen molar-refractivity contribution in [1.82, 2.24) is 10.6 Å². The van der Waals surface area contributed by atoms with E-state index in [9.17, 15) is 4.79 Å². The Hall–Kier alpha value is -0.710. The molecule has 3 rings (SSSR count). The van der Waals surface area contributed by atoms with E-state index in [-0.39, 0.29) is 11.2 Å². The average molecular weight is 325 g/mol. The molecule has 3 atom stereocenters. The van der Waals surface area contributed by atoms with Crippen LogP contribution in [-0.4, -0.2) is 29.3 Å². The van der Waals surface area contributed by atoms with E-state index in [1.807, 2.05) is 31.2 Å². The monoisotopic (exact) mass is 324 g/mol. The van der Waals surface area contributed by atoms with E-state index in [0.29, 0.717) is 23.1 Å². The van der Waals surface area contributed by atoms with Crippen LogP contribution < -0.4 is 10.6 Å². The number of halogens is 1. The van der Waals surface area contributed by atoms with E-state index in [0.717, 1.165) is 17.7 Å². The lowest BCUT2D eigenvalue weighted by atomic mass is 10.00. The van der Waals surface area contributed by atoms with Crippen LogP contribution >= 0.6 is 23.4 Å². The van der Waals surface area contributed by atoms with Gasteiger partial charge in [-0.1, -0.05) is 23.7 Å². The predicted molar refractivity (Wildman–Crippen MR) is 87.9 cm³/mol. The number of piperidine rings is 1. The summed E-state index contributed by atoms with van der Waals surface area (Å²) in [5, 5.41) is 7.40. The minimum atomic E-state index is -0.127. The fraction of sp³-hybridized carbons (Fsp3) is 0.562. The molecule has 2 fully saturated rings. The molecule has 2 aliphatic rings. The van der Waals surface area contributed by atoms with Crippen LogP contribution in [0.1, 0.15) is 32.6 Å². The van der Waals surface area contributed by atoms with Crippen LogP contribution in [0.15, 0.2) is 29.2 Å². The Morgan fingerprint density at radius 1 is 1.33 bits per heavy atom. The summed E-state index contributed by atoms with van der Waals surface area (Å²) in [7, 11) is 0. The highest BCUT2D eigenvalue weighted by Gasteiger charge is 2.34. The molecular weight excluding hydrogens is 304 g/mol. The maximum atomic E-state index is 12.4. The minimum absolute atomic E-state index is 0.117. The molecule has 0 radical (unpaired) electrons. The van der Waals surface area contributed by atoms with Gasteiger partial charge in [0, 0.05) is 23.0 Å². The number of carbonyl (C=O) groups is 1. The molecule has 3 unspecified atom stereocenters. The van der Waals surface area contributed by atoms with Crippen molar-refractivity contribution < 1.29 is 4.79 Å². The second-order valence-corrected chi connectivity index (χ2v) is 7.80. The van der Waals surface area contributed by atoms with Gasteiger partial charge in [0.2, 0.25) is 5.91 Å². The largest absolute Gasteiger partial charge is 0.352 e. The maximum Gasteiger partial charge on any atom is 0.233 e. The van der Waals surface area contributed by atoms with Crippen LogP contribution in [0.4, 0.5) is 0 Å². The Bertz CT molecular complexity index is 513. The number of thioether (sulfide) groups is 1. The van der Waals surface area contributed by atoms with Gasteiger partial charge in [0.25, 0.3) is 0 Å². The van der Waals surface area contributed by atoms with Gasteiger partial charge < -0.3 is 10.6 Å². The van der Waals surface area contributed by atoms with Crippen molar-refractivity contribution in [2.75, 3.05) is 0 Å². The van der Waals surface area contributed by atoms with E-state index >= 15 is 0 Å². The standard InChI is InChI=1S/C16H21ClN2OS/c1-10(21-15-5-3-2-4-14(15)17)16(20)19-13-8-11-6-7-12(9-13)18-11/h2-5,10-13,18H,6-9H2,1H3,(H,19,20). The summed E-state index contributed by atoms with van der Waals surface area (Å²) < 4.78 is 0. The van der Waals surface area contributed by atoms with Gasteiger partial charge in [-0.3, -0.25) is 4.79 Å². The van der Waals surface area contributed by atoms with Gasteiger partial charge in [-0.15, -0.1) is 11.8 Å². The molecule has 0 aromatic heterocycles. The number of nitrogens with one attached hydrogen (secondary N) is 2. The lowest BCUT2D eigenvalue weighted by Gasteiger charge is -2.30. The zero-order valence-electron chi connectivity index (χ0n) is 12.1. The van der Waals surface area contributed by atoms with Crippen LogP contribution in [0, 0.1) is 0 Å². The number of fused-ring (bicyclic) bond motifs is 2. The summed E-state index contributed by atoms with van der Waals surface area (Å²) in [4.78, 5) is 13.3. The first kappa shape index (κ1) is 15.2. The highest BCUT2D eigenvalue weighted by atomic mass is 35.5. The van der Waals surface area contributed by atoms with Gasteiger partial charge in [-0.2, -0.15) is 0 Å². The molecule has 1 aromatic rings. The predicted octanol–water partition coefficient (Wildman–Crippen LogP) is 3.22. The van der Waals surface area contributed by atoms with Crippen LogP contribution in [0.2, 0.25) is 5.02 Å². The molecule has 0 aliphatic carbocycles. The molecule has 0 spiro atoms.